The van der Waals surface area contributed by atoms with Crippen LogP contribution in [-0.4, -0.2) is 49.9 Å². The van der Waals surface area contributed by atoms with Gasteiger partial charge in [0.1, 0.15) is 0 Å². The zero-order chi connectivity index (χ0) is 20.1. The van der Waals surface area contributed by atoms with Crippen molar-refractivity contribution in [3.05, 3.63) is 65.7 Å². The number of carbonyl (C=O) groups is 1. The summed E-state index contributed by atoms with van der Waals surface area (Å²) in [5.41, 5.74) is 3.42. The van der Waals surface area contributed by atoms with E-state index in [1.165, 1.54) is 17.3 Å². The van der Waals surface area contributed by atoms with Gasteiger partial charge in [0.15, 0.2) is 0 Å². The maximum atomic E-state index is 12.7. The number of hydrogen-bond donors (Lipinski definition) is 0. The molecular formula is C22H25N5OS. The molecule has 0 atom stereocenters. The molecule has 0 N–H and O–H groups in total. The lowest BCUT2D eigenvalue weighted by molar-refractivity contribution is -0.129. The normalized spacial score (nSPS) is 14.9. The predicted octanol–water partition coefficient (Wildman–Crippen LogP) is 3.54. The third kappa shape index (κ3) is 4.85. The molecule has 1 aliphatic rings. The van der Waals surface area contributed by atoms with Crippen molar-refractivity contribution in [3.8, 4) is 5.69 Å². The molecule has 0 unspecified atom stereocenters. The summed E-state index contributed by atoms with van der Waals surface area (Å²) in [6.07, 6.45) is 3.22. The van der Waals surface area contributed by atoms with E-state index in [1.54, 1.807) is 4.68 Å². The largest absolute Gasteiger partial charge is 0.342 e. The van der Waals surface area contributed by atoms with Gasteiger partial charge < -0.3 is 4.90 Å². The summed E-state index contributed by atoms with van der Waals surface area (Å²) in [6, 6.07) is 18.6. The van der Waals surface area contributed by atoms with E-state index in [4.69, 9.17) is 0 Å². The molecule has 1 aromatic heterocycles. The predicted molar refractivity (Wildman–Crippen MR) is 114 cm³/mol. The van der Waals surface area contributed by atoms with E-state index in [2.05, 4.69) is 45.9 Å². The third-order valence-electron chi connectivity index (χ3n) is 5.44. The third-order valence-corrected chi connectivity index (χ3v) is 6.35. The summed E-state index contributed by atoms with van der Waals surface area (Å²) >= 11 is 1.40. The molecule has 1 aliphatic heterocycles. The Morgan fingerprint density at radius 3 is 2.55 bits per heavy atom. The number of tetrazole rings is 1. The Balaban J connectivity index is 1.29. The maximum Gasteiger partial charge on any atom is 0.233 e. The second kappa shape index (κ2) is 9.22. The maximum absolute atomic E-state index is 12.7. The van der Waals surface area contributed by atoms with E-state index in [0.717, 1.165) is 43.6 Å². The number of carbonyl (C=O) groups excluding carboxylic acids is 1. The van der Waals surface area contributed by atoms with E-state index < -0.39 is 0 Å². The van der Waals surface area contributed by atoms with Crippen LogP contribution in [0.3, 0.4) is 0 Å². The number of benzene rings is 2. The molecule has 1 fully saturated rings. The van der Waals surface area contributed by atoms with Gasteiger partial charge in [-0.2, -0.15) is 4.68 Å². The van der Waals surface area contributed by atoms with E-state index in [-0.39, 0.29) is 5.91 Å². The van der Waals surface area contributed by atoms with Crippen LogP contribution in [0.1, 0.15) is 24.0 Å². The van der Waals surface area contributed by atoms with Gasteiger partial charge in [-0.05, 0) is 59.7 Å². The van der Waals surface area contributed by atoms with Crippen LogP contribution >= 0.6 is 11.8 Å². The number of thioether (sulfide) groups is 1. The second-order valence-electron chi connectivity index (χ2n) is 7.46. The molecule has 2 aromatic carbocycles. The zero-order valence-corrected chi connectivity index (χ0v) is 17.4. The zero-order valence-electron chi connectivity index (χ0n) is 16.6. The van der Waals surface area contributed by atoms with Gasteiger partial charge in [-0.25, -0.2) is 0 Å². The lowest BCUT2D eigenvalue weighted by Gasteiger charge is -2.32. The van der Waals surface area contributed by atoms with Crippen molar-refractivity contribution < 1.29 is 4.79 Å². The summed E-state index contributed by atoms with van der Waals surface area (Å²) in [6.45, 7) is 3.69. The standard InChI is InChI=1S/C22H25N5OS/c1-17-7-5-6-10-20(17)27-22(23-24-25-27)29-16-21(28)26-13-11-19(12-14-26)15-18-8-3-2-4-9-18/h2-10,19H,11-16H2,1H3. The fourth-order valence-corrected chi connectivity index (χ4v) is 4.56. The van der Waals surface area contributed by atoms with Gasteiger partial charge in [0.05, 0.1) is 11.4 Å². The topological polar surface area (TPSA) is 63.9 Å². The molecule has 7 heteroatoms. The molecule has 0 aliphatic carbocycles. The Labute approximate surface area is 175 Å². The van der Waals surface area contributed by atoms with Gasteiger partial charge in [-0.15, -0.1) is 5.10 Å². The molecular weight excluding hydrogens is 382 g/mol. The molecule has 1 saturated heterocycles. The van der Waals surface area contributed by atoms with Crippen molar-refractivity contribution in [1.82, 2.24) is 25.1 Å². The Morgan fingerprint density at radius 2 is 1.79 bits per heavy atom. The van der Waals surface area contributed by atoms with Crippen LogP contribution in [0.25, 0.3) is 5.69 Å². The number of nitrogens with zero attached hydrogens (tertiary/aromatic N) is 5. The fraction of sp³-hybridized carbons (Fsp3) is 0.364. The van der Waals surface area contributed by atoms with E-state index in [1.807, 2.05) is 36.1 Å². The molecule has 0 bridgehead atoms. The van der Waals surface area contributed by atoms with E-state index >= 15 is 0 Å². The SMILES string of the molecule is Cc1ccccc1-n1nnnc1SCC(=O)N1CCC(Cc2ccccc2)CC1. The van der Waals surface area contributed by atoms with Gasteiger partial charge in [-0.3, -0.25) is 4.79 Å². The van der Waals surface area contributed by atoms with Crippen LogP contribution in [0.5, 0.6) is 0 Å². The molecule has 0 saturated carbocycles. The van der Waals surface area contributed by atoms with Gasteiger partial charge >= 0.3 is 0 Å². The molecule has 29 heavy (non-hydrogen) atoms. The van der Waals surface area contributed by atoms with Gasteiger partial charge in [-0.1, -0.05) is 60.3 Å². The second-order valence-corrected chi connectivity index (χ2v) is 8.40. The first-order valence-corrected chi connectivity index (χ1v) is 11.0. The van der Waals surface area contributed by atoms with E-state index in [0.29, 0.717) is 16.8 Å². The molecule has 6 nitrogen and oxygen atoms in total. The van der Waals surface area contributed by atoms with Crippen molar-refractivity contribution in [1.29, 1.82) is 0 Å². The fourth-order valence-electron chi connectivity index (χ4n) is 3.77. The van der Waals surface area contributed by atoms with Crippen molar-refractivity contribution in [2.75, 3.05) is 18.8 Å². The number of para-hydroxylation sites is 1. The average molecular weight is 408 g/mol. The van der Waals surface area contributed by atoms with Gasteiger partial charge in [0.2, 0.25) is 11.1 Å². The molecule has 1 amide bonds. The van der Waals surface area contributed by atoms with Crippen molar-refractivity contribution in [2.45, 2.75) is 31.3 Å². The quantitative estimate of drug-likeness (QED) is 0.585. The molecule has 2 heterocycles. The number of aromatic nitrogens is 4. The monoisotopic (exact) mass is 407 g/mol. The highest BCUT2D eigenvalue weighted by Gasteiger charge is 2.23. The Hall–Kier alpha value is -2.67. The smallest absolute Gasteiger partial charge is 0.233 e. The highest BCUT2D eigenvalue weighted by molar-refractivity contribution is 7.99. The minimum absolute atomic E-state index is 0.160. The lowest BCUT2D eigenvalue weighted by atomic mass is 9.90. The molecule has 150 valence electrons. The lowest BCUT2D eigenvalue weighted by Crippen LogP contribution is -2.39. The van der Waals surface area contributed by atoms with Gasteiger partial charge in [0.25, 0.3) is 0 Å². The van der Waals surface area contributed by atoms with Crippen LogP contribution in [-0.2, 0) is 11.2 Å². The highest BCUT2D eigenvalue weighted by Crippen LogP contribution is 2.24. The van der Waals surface area contributed by atoms with Crippen molar-refractivity contribution in [3.63, 3.8) is 0 Å². The van der Waals surface area contributed by atoms with Crippen LogP contribution < -0.4 is 0 Å². The Bertz CT molecular complexity index is 951. The number of amides is 1. The van der Waals surface area contributed by atoms with Crippen molar-refractivity contribution in [2.24, 2.45) is 5.92 Å². The summed E-state index contributed by atoms with van der Waals surface area (Å²) in [5, 5.41) is 12.6. The average Bonchev–Trinajstić information content (AvgIpc) is 3.22. The highest BCUT2D eigenvalue weighted by atomic mass is 32.2. The first-order valence-electron chi connectivity index (χ1n) is 9.99. The van der Waals surface area contributed by atoms with Crippen LogP contribution in [0.15, 0.2) is 59.8 Å². The van der Waals surface area contributed by atoms with E-state index in [9.17, 15) is 4.79 Å². The number of piperidine rings is 1. The molecule has 3 aromatic rings. The number of likely N-dealkylation sites (tertiary alicyclic amines) is 1. The van der Waals surface area contributed by atoms with Gasteiger partial charge in [0, 0.05) is 13.1 Å². The Kier molecular flexibility index (Phi) is 6.24. The number of hydrogen-bond acceptors (Lipinski definition) is 5. The first-order chi connectivity index (χ1) is 14.2. The minimum atomic E-state index is 0.160. The van der Waals surface area contributed by atoms with Crippen LogP contribution in [0, 0.1) is 12.8 Å². The molecule has 0 spiro atoms. The Morgan fingerprint density at radius 1 is 1.07 bits per heavy atom. The number of rotatable bonds is 6. The number of aryl methyl sites for hydroxylation is 1. The summed E-state index contributed by atoms with van der Waals surface area (Å²) in [4.78, 5) is 14.7. The molecule has 4 rings (SSSR count). The summed E-state index contributed by atoms with van der Waals surface area (Å²) in [7, 11) is 0. The van der Waals surface area contributed by atoms with Crippen LogP contribution in [0.4, 0.5) is 0 Å². The summed E-state index contributed by atoms with van der Waals surface area (Å²) in [5.74, 6) is 1.17. The summed E-state index contributed by atoms with van der Waals surface area (Å²) < 4.78 is 1.71. The first kappa shape index (κ1) is 19.6. The van der Waals surface area contributed by atoms with Crippen LogP contribution in [0.2, 0.25) is 0 Å². The molecule has 0 radical (unpaired) electrons. The van der Waals surface area contributed by atoms with Crippen molar-refractivity contribution >= 4 is 17.7 Å². The minimum Gasteiger partial charge on any atom is -0.342 e.